The average molecular weight is 517 g/mol. The van der Waals surface area contributed by atoms with E-state index in [4.69, 9.17) is 24.8 Å². The largest absolute Gasteiger partial charge is 0.467 e. The molecule has 0 unspecified atom stereocenters. The second kappa shape index (κ2) is 10.9. The molecule has 0 radical (unpaired) electrons. The van der Waals surface area contributed by atoms with Crippen LogP contribution in [0.4, 0.5) is 4.39 Å². The van der Waals surface area contributed by atoms with Gasteiger partial charge in [0, 0.05) is 0 Å². The molecule has 0 fully saturated rings. The third-order valence-corrected chi connectivity index (χ3v) is 5.05. The molecule has 9 nitrogen and oxygen atoms in total. The minimum Gasteiger partial charge on any atom is -0.467 e. The molecule has 1 aliphatic heterocycles. The van der Waals surface area contributed by atoms with Crippen molar-refractivity contribution in [2.45, 2.75) is 64.4 Å². The van der Waals surface area contributed by atoms with Gasteiger partial charge in [-0.2, -0.15) is 0 Å². The second-order valence-electron chi connectivity index (χ2n) is 10.5. The number of carbonyl (C=O) groups excluding carboxylic acids is 2. The van der Waals surface area contributed by atoms with Crippen LogP contribution in [0.15, 0.2) is 53.5 Å². The van der Waals surface area contributed by atoms with Gasteiger partial charge < -0.3 is 18.9 Å². The van der Waals surface area contributed by atoms with Crippen LogP contribution in [-0.4, -0.2) is 47.8 Å². The molecule has 37 heavy (non-hydrogen) atoms. The number of carbonyl (C=O) groups is 2. The molecular formula is C27H33FN2O7. The van der Waals surface area contributed by atoms with Crippen LogP contribution in [0.25, 0.3) is 0 Å². The Kier molecular flexibility index (Phi) is 8.24. The van der Waals surface area contributed by atoms with Gasteiger partial charge in [0.05, 0.1) is 12.1 Å². The molecule has 2 N–H and O–H groups in total. The number of esters is 2. The first-order valence-electron chi connectivity index (χ1n) is 11.8. The van der Waals surface area contributed by atoms with Gasteiger partial charge >= 0.3 is 17.5 Å². The summed E-state index contributed by atoms with van der Waals surface area (Å²) in [7, 11) is 0. The lowest BCUT2D eigenvalue weighted by molar-refractivity contribution is -0.199. The number of nitrogens with two attached hydrogens (primary N) is 1. The fourth-order valence-electron chi connectivity index (χ4n) is 3.46. The highest BCUT2D eigenvalue weighted by molar-refractivity contribution is 6.04. The summed E-state index contributed by atoms with van der Waals surface area (Å²) in [6.45, 7) is 9.13. The lowest BCUT2D eigenvalue weighted by Gasteiger charge is -2.34. The van der Waals surface area contributed by atoms with Gasteiger partial charge in [-0.3, -0.25) is 4.84 Å². The van der Waals surface area contributed by atoms with E-state index >= 15 is 4.39 Å². The SMILES string of the molecule is CC(C)(C)OC(=O)C(CON)(Oc1cccc(C2=NC[C@@H](c3ccccc3)O2)c1F)C(=O)OC(C)(C)C. The van der Waals surface area contributed by atoms with E-state index in [9.17, 15) is 9.59 Å². The van der Waals surface area contributed by atoms with E-state index in [-0.39, 0.29) is 17.6 Å². The number of rotatable bonds is 8. The van der Waals surface area contributed by atoms with Crippen molar-refractivity contribution in [3.8, 4) is 5.75 Å². The highest BCUT2D eigenvalue weighted by Gasteiger charge is 2.55. The Balaban J connectivity index is 1.98. The minimum atomic E-state index is -2.56. The number of hydrogen-bond donors (Lipinski definition) is 1. The third-order valence-electron chi connectivity index (χ3n) is 5.05. The van der Waals surface area contributed by atoms with Crippen LogP contribution in [-0.2, 0) is 28.6 Å². The number of ether oxygens (including phenoxy) is 4. The average Bonchev–Trinajstić information content (AvgIpc) is 3.28. The van der Waals surface area contributed by atoms with E-state index in [2.05, 4.69) is 9.83 Å². The Morgan fingerprint density at radius 1 is 0.973 bits per heavy atom. The van der Waals surface area contributed by atoms with Crippen LogP contribution >= 0.6 is 0 Å². The predicted molar refractivity (Wildman–Crippen MR) is 133 cm³/mol. The third kappa shape index (κ3) is 6.84. The van der Waals surface area contributed by atoms with Gasteiger partial charge in [-0.1, -0.05) is 36.4 Å². The van der Waals surface area contributed by atoms with Crippen molar-refractivity contribution in [3.63, 3.8) is 0 Å². The quantitative estimate of drug-likeness (QED) is 0.317. The molecule has 1 aliphatic rings. The highest BCUT2D eigenvalue weighted by Crippen LogP contribution is 2.32. The number of nitrogens with zero attached hydrogens (tertiary/aromatic N) is 1. The van der Waals surface area contributed by atoms with Crippen molar-refractivity contribution in [2.24, 2.45) is 10.9 Å². The van der Waals surface area contributed by atoms with Gasteiger partial charge in [0.2, 0.25) is 5.90 Å². The topological polar surface area (TPSA) is 119 Å². The molecule has 2 aromatic carbocycles. The van der Waals surface area contributed by atoms with Crippen molar-refractivity contribution in [3.05, 3.63) is 65.5 Å². The Labute approximate surface area is 215 Å². The monoisotopic (exact) mass is 516 g/mol. The normalized spacial score (nSPS) is 16.0. The van der Waals surface area contributed by atoms with Crippen molar-refractivity contribution in [1.29, 1.82) is 0 Å². The van der Waals surface area contributed by atoms with Gasteiger partial charge in [-0.25, -0.2) is 24.9 Å². The van der Waals surface area contributed by atoms with E-state index in [0.717, 1.165) is 5.56 Å². The molecule has 200 valence electrons. The molecular weight excluding hydrogens is 483 g/mol. The molecule has 0 aromatic heterocycles. The molecule has 0 saturated carbocycles. The molecule has 2 aromatic rings. The summed E-state index contributed by atoms with van der Waals surface area (Å²) in [6, 6.07) is 13.6. The van der Waals surface area contributed by atoms with Gasteiger partial charge in [0.15, 0.2) is 11.6 Å². The fraction of sp³-hybridized carbons (Fsp3) is 0.444. The minimum absolute atomic E-state index is 0.00752. The smallest absolute Gasteiger partial charge is 0.365 e. The Morgan fingerprint density at radius 2 is 1.57 bits per heavy atom. The van der Waals surface area contributed by atoms with Crippen LogP contribution < -0.4 is 10.6 Å². The van der Waals surface area contributed by atoms with Gasteiger partial charge in [-0.05, 0) is 59.2 Å². The van der Waals surface area contributed by atoms with Crippen LogP contribution in [0.2, 0.25) is 0 Å². The summed E-state index contributed by atoms with van der Waals surface area (Å²) in [5.74, 6) is 1.70. The van der Waals surface area contributed by atoms with Crippen LogP contribution in [0.3, 0.4) is 0 Å². The van der Waals surface area contributed by atoms with E-state index in [1.165, 1.54) is 18.2 Å². The summed E-state index contributed by atoms with van der Waals surface area (Å²) >= 11 is 0. The molecule has 0 aliphatic carbocycles. The maximum Gasteiger partial charge on any atom is 0.365 e. The predicted octanol–water partition coefficient (Wildman–Crippen LogP) is 4.04. The first kappa shape index (κ1) is 28.1. The summed E-state index contributed by atoms with van der Waals surface area (Å²) in [5.41, 5.74) is -3.70. The molecule has 0 saturated heterocycles. The Hall–Kier alpha value is -3.50. The number of aliphatic imine (C=N–C) groups is 1. The van der Waals surface area contributed by atoms with Gasteiger partial charge in [0.25, 0.3) is 0 Å². The molecule has 1 heterocycles. The maximum atomic E-state index is 15.8. The van der Waals surface area contributed by atoms with E-state index in [0.29, 0.717) is 6.54 Å². The zero-order valence-electron chi connectivity index (χ0n) is 21.9. The van der Waals surface area contributed by atoms with Crippen molar-refractivity contribution in [2.75, 3.05) is 13.2 Å². The zero-order valence-corrected chi connectivity index (χ0v) is 21.9. The van der Waals surface area contributed by atoms with E-state index in [1.807, 2.05) is 30.3 Å². The molecule has 1 atom stereocenters. The Bertz CT molecular complexity index is 1130. The second-order valence-corrected chi connectivity index (χ2v) is 10.5. The lowest BCUT2D eigenvalue weighted by atomic mass is 10.0. The maximum absolute atomic E-state index is 15.8. The number of halogens is 1. The number of hydrogen-bond acceptors (Lipinski definition) is 9. The molecule has 3 rings (SSSR count). The van der Waals surface area contributed by atoms with Crippen LogP contribution in [0.1, 0.15) is 58.8 Å². The fourth-order valence-corrected chi connectivity index (χ4v) is 3.46. The number of benzene rings is 2. The summed E-state index contributed by atoms with van der Waals surface area (Å²) in [5, 5.41) is 0. The molecule has 0 bridgehead atoms. The van der Waals surface area contributed by atoms with Crippen molar-refractivity contribution in [1.82, 2.24) is 0 Å². The summed E-state index contributed by atoms with van der Waals surface area (Å²) in [4.78, 5) is 35.6. The summed E-state index contributed by atoms with van der Waals surface area (Å²) < 4.78 is 38.3. The summed E-state index contributed by atoms with van der Waals surface area (Å²) in [6.07, 6.45) is -0.381. The van der Waals surface area contributed by atoms with E-state index < -0.39 is 46.9 Å². The van der Waals surface area contributed by atoms with E-state index in [1.54, 1.807) is 41.5 Å². The lowest BCUT2D eigenvalue weighted by Crippen LogP contribution is -2.60. The van der Waals surface area contributed by atoms with Gasteiger partial charge in [-0.15, -0.1) is 0 Å². The first-order valence-corrected chi connectivity index (χ1v) is 11.8. The standard InChI is InChI=1S/C27H33FN2O7/c1-25(2,3)36-23(31)27(16-33-29,24(32)37-26(4,5)6)35-19-14-10-13-18(21(19)28)22-30-15-20(34-22)17-11-8-7-9-12-17/h7-14,20H,15-16,29H2,1-6H3/t20-/m0/s1. The molecule has 0 amide bonds. The van der Waals surface area contributed by atoms with Crippen LogP contribution in [0.5, 0.6) is 5.75 Å². The van der Waals surface area contributed by atoms with Crippen LogP contribution in [0, 0.1) is 5.82 Å². The first-order chi connectivity index (χ1) is 17.3. The molecule has 0 spiro atoms. The molecule has 10 heteroatoms. The zero-order chi connectivity index (χ0) is 27.4. The van der Waals surface area contributed by atoms with Crippen molar-refractivity contribution < 1.29 is 37.8 Å². The Morgan fingerprint density at radius 3 is 2.11 bits per heavy atom. The highest BCUT2D eigenvalue weighted by atomic mass is 19.1. The van der Waals surface area contributed by atoms with Gasteiger partial charge in [0.1, 0.15) is 23.9 Å². The van der Waals surface area contributed by atoms with Crippen molar-refractivity contribution >= 4 is 17.8 Å².